The zero-order valence-corrected chi connectivity index (χ0v) is 22.3. The van der Waals surface area contributed by atoms with Gasteiger partial charge in [-0.05, 0) is 42.0 Å². The number of rotatable bonds is 11. The molecule has 0 aliphatic carbocycles. The first-order valence-corrected chi connectivity index (χ1v) is 13.0. The van der Waals surface area contributed by atoms with Crippen LogP contribution in [0.4, 0.5) is 10.5 Å². The molecule has 8 nitrogen and oxygen atoms in total. The minimum absolute atomic E-state index is 0.0740. The third kappa shape index (κ3) is 9.12. The average molecular weight is 529 g/mol. The third-order valence-corrected chi connectivity index (χ3v) is 6.22. The van der Waals surface area contributed by atoms with E-state index in [0.29, 0.717) is 12.1 Å². The minimum atomic E-state index is -0.859. The van der Waals surface area contributed by atoms with Crippen LogP contribution in [0.25, 0.3) is 6.08 Å². The number of carbonyl (C=O) groups excluding carboxylic acids is 3. The second-order valence-electron chi connectivity index (χ2n) is 9.66. The Kier molecular flexibility index (Phi) is 11.3. The summed E-state index contributed by atoms with van der Waals surface area (Å²) >= 11 is 0. The van der Waals surface area contributed by atoms with Gasteiger partial charge in [-0.25, -0.2) is 15.3 Å². The minimum Gasteiger partial charge on any atom is -0.332 e. The van der Waals surface area contributed by atoms with Gasteiger partial charge in [-0.2, -0.15) is 0 Å². The first kappa shape index (κ1) is 29.1. The summed E-state index contributed by atoms with van der Waals surface area (Å²) in [6.45, 7) is 4.18. The van der Waals surface area contributed by atoms with E-state index in [4.69, 9.17) is 0 Å². The Morgan fingerprint density at radius 2 is 1.41 bits per heavy atom. The molecule has 0 aromatic heterocycles. The predicted molar refractivity (Wildman–Crippen MR) is 152 cm³/mol. The van der Waals surface area contributed by atoms with E-state index in [1.165, 1.54) is 0 Å². The van der Waals surface area contributed by atoms with E-state index in [2.05, 4.69) is 10.7 Å². The van der Waals surface area contributed by atoms with E-state index in [1.54, 1.807) is 29.7 Å². The van der Waals surface area contributed by atoms with Crippen molar-refractivity contribution in [3.63, 3.8) is 0 Å². The van der Waals surface area contributed by atoms with Crippen LogP contribution in [0.1, 0.15) is 37.8 Å². The largest absolute Gasteiger partial charge is 0.341 e. The lowest BCUT2D eigenvalue weighted by molar-refractivity contribution is -0.140. The van der Waals surface area contributed by atoms with Crippen LogP contribution < -0.4 is 21.2 Å². The second-order valence-corrected chi connectivity index (χ2v) is 9.66. The maximum Gasteiger partial charge on any atom is 0.341 e. The summed E-state index contributed by atoms with van der Waals surface area (Å²) in [5.41, 5.74) is 6.79. The Hall–Kier alpha value is -4.43. The second kappa shape index (κ2) is 15.1. The maximum atomic E-state index is 13.7. The number of benzene rings is 3. The molecule has 0 saturated heterocycles. The number of urea groups is 1. The van der Waals surface area contributed by atoms with Crippen molar-refractivity contribution in [3.05, 3.63) is 108 Å². The van der Waals surface area contributed by atoms with Crippen molar-refractivity contribution < 1.29 is 19.6 Å². The summed E-state index contributed by atoms with van der Waals surface area (Å²) in [6, 6.07) is 27.3. The van der Waals surface area contributed by atoms with Gasteiger partial charge in [-0.15, -0.1) is 0 Å². The molecule has 204 valence electrons. The van der Waals surface area contributed by atoms with Gasteiger partial charge in [0.2, 0.25) is 11.8 Å². The fraction of sp³-hybridized carbons (Fsp3) is 0.258. The summed E-state index contributed by atoms with van der Waals surface area (Å²) in [7, 11) is 0. The molecular weight excluding hydrogens is 492 g/mol. The van der Waals surface area contributed by atoms with E-state index in [0.717, 1.165) is 16.1 Å². The zero-order valence-electron chi connectivity index (χ0n) is 22.3. The number of hydrogen-bond acceptors (Lipinski definition) is 4. The smallest absolute Gasteiger partial charge is 0.332 e. The van der Waals surface area contributed by atoms with Crippen molar-refractivity contribution in [1.29, 1.82) is 0 Å². The number of allylic oxidation sites excluding steroid dienone is 1. The predicted octanol–water partition coefficient (Wildman–Crippen LogP) is 5.32. The van der Waals surface area contributed by atoms with Crippen molar-refractivity contribution in [2.24, 2.45) is 17.8 Å². The quantitative estimate of drug-likeness (QED) is 0.199. The normalized spacial score (nSPS) is 12.5. The fourth-order valence-electron chi connectivity index (χ4n) is 4.27. The number of para-hydroxylation sites is 1. The first-order valence-electron chi connectivity index (χ1n) is 13.0. The molecule has 0 aliphatic heterocycles. The highest BCUT2D eigenvalue weighted by molar-refractivity contribution is 5.96. The zero-order chi connectivity index (χ0) is 28.0. The molecule has 3 rings (SSSR count). The van der Waals surface area contributed by atoms with Crippen LogP contribution >= 0.6 is 0 Å². The van der Waals surface area contributed by atoms with E-state index in [-0.39, 0.29) is 18.9 Å². The molecule has 0 aliphatic rings. The van der Waals surface area contributed by atoms with Crippen molar-refractivity contribution in [3.8, 4) is 0 Å². The molecule has 0 heterocycles. The van der Waals surface area contributed by atoms with Crippen molar-refractivity contribution >= 4 is 29.6 Å². The Morgan fingerprint density at radius 1 is 0.821 bits per heavy atom. The molecule has 3 aromatic rings. The Bertz CT molecular complexity index is 1220. The summed E-state index contributed by atoms with van der Waals surface area (Å²) in [5, 5.41) is 13.5. The SMILES string of the molecule is CC(C)C[C@@H](C(=O)NN(C(=O)NCc1ccccc1)c1ccccc1)[C@H](CC=Cc1ccccc1)C(=O)NO. The topological polar surface area (TPSA) is 111 Å². The molecule has 0 radical (unpaired) electrons. The maximum absolute atomic E-state index is 13.7. The van der Waals surface area contributed by atoms with Crippen LogP contribution in [-0.2, 0) is 16.1 Å². The van der Waals surface area contributed by atoms with Gasteiger partial charge in [-0.1, -0.05) is 105 Å². The lowest BCUT2D eigenvalue weighted by Crippen LogP contribution is -2.54. The molecule has 0 bridgehead atoms. The van der Waals surface area contributed by atoms with Gasteiger partial charge in [0.05, 0.1) is 17.5 Å². The highest BCUT2D eigenvalue weighted by Gasteiger charge is 2.35. The Morgan fingerprint density at radius 3 is 2.00 bits per heavy atom. The van der Waals surface area contributed by atoms with Crippen LogP contribution in [0, 0.1) is 17.8 Å². The van der Waals surface area contributed by atoms with Crippen molar-refractivity contribution in [2.45, 2.75) is 33.2 Å². The number of amides is 4. The van der Waals surface area contributed by atoms with E-state index >= 15 is 0 Å². The molecule has 39 heavy (non-hydrogen) atoms. The molecule has 0 spiro atoms. The molecular formula is C31H36N4O4. The van der Waals surface area contributed by atoms with Crippen LogP contribution in [0.5, 0.6) is 0 Å². The number of nitrogens with one attached hydrogen (secondary N) is 3. The number of hydrogen-bond donors (Lipinski definition) is 4. The van der Waals surface area contributed by atoms with E-state index in [9.17, 15) is 19.6 Å². The van der Waals surface area contributed by atoms with Gasteiger partial charge < -0.3 is 5.32 Å². The molecule has 0 saturated carbocycles. The molecule has 0 unspecified atom stereocenters. The summed E-state index contributed by atoms with van der Waals surface area (Å²) in [4.78, 5) is 39.7. The molecule has 4 amide bonds. The third-order valence-electron chi connectivity index (χ3n) is 6.22. The van der Waals surface area contributed by atoms with Crippen LogP contribution in [0.15, 0.2) is 97.1 Å². The van der Waals surface area contributed by atoms with Crippen LogP contribution in [0.3, 0.4) is 0 Å². The van der Waals surface area contributed by atoms with Gasteiger partial charge in [0.25, 0.3) is 0 Å². The highest BCUT2D eigenvalue weighted by Crippen LogP contribution is 2.26. The Balaban J connectivity index is 1.83. The first-order chi connectivity index (χ1) is 18.9. The molecule has 3 aromatic carbocycles. The lowest BCUT2D eigenvalue weighted by atomic mass is 9.82. The van der Waals surface area contributed by atoms with E-state index in [1.807, 2.05) is 92.7 Å². The van der Waals surface area contributed by atoms with Crippen LogP contribution in [-0.4, -0.2) is 23.1 Å². The van der Waals surface area contributed by atoms with Gasteiger partial charge in [0, 0.05) is 6.54 Å². The number of hydrazine groups is 1. The number of carbonyl (C=O) groups is 3. The van der Waals surface area contributed by atoms with Crippen molar-refractivity contribution in [2.75, 3.05) is 5.01 Å². The van der Waals surface area contributed by atoms with Gasteiger partial charge in [0.1, 0.15) is 0 Å². The average Bonchev–Trinajstić information content (AvgIpc) is 2.96. The summed E-state index contributed by atoms with van der Waals surface area (Å²) < 4.78 is 0. The van der Waals surface area contributed by atoms with Crippen LogP contribution in [0.2, 0.25) is 0 Å². The van der Waals surface area contributed by atoms with Gasteiger partial charge in [0.15, 0.2) is 0 Å². The molecule has 0 fully saturated rings. The molecule has 8 heteroatoms. The number of nitrogens with zero attached hydrogens (tertiary/aromatic N) is 1. The van der Waals surface area contributed by atoms with Gasteiger partial charge >= 0.3 is 6.03 Å². The molecule has 2 atom stereocenters. The van der Waals surface area contributed by atoms with Crippen molar-refractivity contribution in [1.82, 2.24) is 16.2 Å². The number of hydroxylamine groups is 1. The van der Waals surface area contributed by atoms with E-state index < -0.39 is 29.7 Å². The Labute approximate surface area is 229 Å². The fourth-order valence-corrected chi connectivity index (χ4v) is 4.27. The monoisotopic (exact) mass is 528 g/mol. The standard InChI is InChI=1S/C31H36N4O4/c1-23(2)21-28(27(30(37)34-39)20-12-17-24-13-6-3-7-14-24)29(36)33-35(26-18-10-5-11-19-26)31(38)32-22-25-15-8-4-9-16-25/h3-19,23,27-28,39H,20-22H2,1-2H3,(H,32,38)(H,33,36)(H,34,37)/t27-,28+/m0/s1. The highest BCUT2D eigenvalue weighted by atomic mass is 16.5. The van der Waals surface area contributed by atoms with Gasteiger partial charge in [-0.3, -0.25) is 20.2 Å². The summed E-state index contributed by atoms with van der Waals surface area (Å²) in [5.74, 6) is -2.75. The summed E-state index contributed by atoms with van der Waals surface area (Å²) in [6.07, 6.45) is 4.28. The molecule has 4 N–H and O–H groups in total. The number of anilines is 1. The lowest BCUT2D eigenvalue weighted by Gasteiger charge is -2.30.